The third kappa shape index (κ3) is 9.28. The molecule has 0 aromatic heterocycles. The Morgan fingerprint density at radius 1 is 1.09 bits per heavy atom. The molecule has 0 saturated heterocycles. The molecule has 0 saturated carbocycles. The molecule has 3 amide bonds. The SMILES string of the molecule is NC(=O)NCCCCCC(=O)NCc1ccc(OC(F)F)cc1. The first-order valence-electron chi connectivity index (χ1n) is 7.31. The van der Waals surface area contributed by atoms with Crippen molar-refractivity contribution in [1.29, 1.82) is 0 Å². The predicted octanol–water partition coefficient (Wildman–Crippen LogP) is 2.13. The number of amides is 3. The van der Waals surface area contributed by atoms with E-state index in [9.17, 15) is 18.4 Å². The molecule has 0 aliphatic rings. The van der Waals surface area contributed by atoms with E-state index in [-0.39, 0.29) is 11.7 Å². The molecule has 8 heteroatoms. The predicted molar refractivity (Wildman–Crippen MR) is 81.0 cm³/mol. The van der Waals surface area contributed by atoms with Gasteiger partial charge in [-0.25, -0.2) is 4.79 Å². The van der Waals surface area contributed by atoms with E-state index < -0.39 is 12.6 Å². The zero-order valence-electron chi connectivity index (χ0n) is 12.7. The second-order valence-corrected chi connectivity index (χ2v) is 4.90. The van der Waals surface area contributed by atoms with Gasteiger partial charge in [-0.2, -0.15) is 8.78 Å². The van der Waals surface area contributed by atoms with Gasteiger partial charge in [0, 0.05) is 19.5 Å². The molecule has 128 valence electrons. The molecule has 4 N–H and O–H groups in total. The quantitative estimate of drug-likeness (QED) is 0.574. The molecule has 0 spiro atoms. The third-order valence-corrected chi connectivity index (χ3v) is 3.02. The molecule has 1 aromatic carbocycles. The van der Waals surface area contributed by atoms with Crippen molar-refractivity contribution >= 4 is 11.9 Å². The van der Waals surface area contributed by atoms with Crippen LogP contribution in [0, 0.1) is 0 Å². The number of nitrogens with two attached hydrogens (primary N) is 1. The van der Waals surface area contributed by atoms with Crippen LogP contribution < -0.4 is 21.1 Å². The average Bonchev–Trinajstić information content (AvgIpc) is 2.49. The number of hydrogen-bond donors (Lipinski definition) is 3. The molecule has 6 nitrogen and oxygen atoms in total. The van der Waals surface area contributed by atoms with Gasteiger partial charge in [0.05, 0.1) is 0 Å². The fourth-order valence-electron chi connectivity index (χ4n) is 1.88. The van der Waals surface area contributed by atoms with E-state index in [1.807, 2.05) is 0 Å². The standard InChI is InChI=1S/C15H21F2N3O3/c16-14(17)23-12-7-5-11(6-8-12)10-20-13(21)4-2-1-3-9-19-15(18)22/h5-8,14H,1-4,9-10H2,(H,20,21)(H3,18,19,22). The summed E-state index contributed by atoms with van der Waals surface area (Å²) in [4.78, 5) is 22.1. The van der Waals surface area contributed by atoms with E-state index in [4.69, 9.17) is 5.73 Å². The van der Waals surface area contributed by atoms with Crippen LogP contribution in [-0.2, 0) is 11.3 Å². The lowest BCUT2D eigenvalue weighted by atomic mass is 10.1. The van der Waals surface area contributed by atoms with Crippen LogP contribution in [0.2, 0.25) is 0 Å². The maximum absolute atomic E-state index is 12.0. The van der Waals surface area contributed by atoms with Crippen molar-refractivity contribution in [3.05, 3.63) is 29.8 Å². The van der Waals surface area contributed by atoms with Gasteiger partial charge in [0.25, 0.3) is 0 Å². The van der Waals surface area contributed by atoms with Gasteiger partial charge in [-0.1, -0.05) is 18.6 Å². The normalized spacial score (nSPS) is 10.4. The van der Waals surface area contributed by atoms with Crippen LogP contribution in [-0.4, -0.2) is 25.1 Å². The molecule has 0 heterocycles. The smallest absolute Gasteiger partial charge is 0.387 e. The number of alkyl halides is 2. The minimum atomic E-state index is -2.85. The van der Waals surface area contributed by atoms with Crippen LogP contribution >= 0.6 is 0 Å². The number of carbonyl (C=O) groups is 2. The summed E-state index contributed by atoms with van der Waals surface area (Å²) in [6.07, 6.45) is 2.69. The summed E-state index contributed by atoms with van der Waals surface area (Å²) < 4.78 is 28.2. The van der Waals surface area contributed by atoms with Crippen LogP contribution in [0.15, 0.2) is 24.3 Å². The van der Waals surface area contributed by atoms with E-state index >= 15 is 0 Å². The first-order valence-corrected chi connectivity index (χ1v) is 7.31. The van der Waals surface area contributed by atoms with Crippen molar-refractivity contribution in [3.8, 4) is 5.75 Å². The summed E-state index contributed by atoms with van der Waals surface area (Å²) in [5, 5.41) is 5.23. The Kier molecular flexibility index (Phi) is 8.41. The molecule has 0 fully saturated rings. The lowest BCUT2D eigenvalue weighted by molar-refractivity contribution is -0.121. The molecule has 0 aliphatic carbocycles. The number of halogens is 2. The van der Waals surface area contributed by atoms with Crippen LogP contribution in [0.1, 0.15) is 31.2 Å². The van der Waals surface area contributed by atoms with Crippen LogP contribution in [0.4, 0.5) is 13.6 Å². The molecular weight excluding hydrogens is 308 g/mol. The highest BCUT2D eigenvalue weighted by atomic mass is 19.3. The molecule has 23 heavy (non-hydrogen) atoms. The first kappa shape index (κ1) is 18.7. The number of unbranched alkanes of at least 4 members (excludes halogenated alkanes) is 2. The molecule has 0 unspecified atom stereocenters. The van der Waals surface area contributed by atoms with Crippen LogP contribution in [0.25, 0.3) is 0 Å². The monoisotopic (exact) mass is 329 g/mol. The van der Waals surface area contributed by atoms with Crippen molar-refractivity contribution in [2.75, 3.05) is 6.54 Å². The van der Waals surface area contributed by atoms with Crippen molar-refractivity contribution in [2.24, 2.45) is 5.73 Å². The van der Waals surface area contributed by atoms with Crippen molar-refractivity contribution < 1.29 is 23.1 Å². The summed E-state index contributed by atoms with van der Waals surface area (Å²) >= 11 is 0. The highest BCUT2D eigenvalue weighted by Gasteiger charge is 2.05. The number of nitrogens with one attached hydrogen (secondary N) is 2. The van der Waals surface area contributed by atoms with E-state index in [1.54, 1.807) is 12.1 Å². The number of rotatable bonds is 10. The topological polar surface area (TPSA) is 93.5 Å². The number of primary amides is 1. The maximum Gasteiger partial charge on any atom is 0.387 e. The fraction of sp³-hybridized carbons (Fsp3) is 0.467. The zero-order chi connectivity index (χ0) is 17.1. The van der Waals surface area contributed by atoms with E-state index in [0.717, 1.165) is 18.4 Å². The summed E-state index contributed by atoms with van der Waals surface area (Å²) in [6.45, 7) is -2.01. The lowest BCUT2D eigenvalue weighted by Crippen LogP contribution is -2.30. The molecule has 0 atom stereocenters. The Hall–Kier alpha value is -2.38. The molecule has 0 aliphatic heterocycles. The van der Waals surface area contributed by atoms with Gasteiger partial charge >= 0.3 is 12.6 Å². The lowest BCUT2D eigenvalue weighted by Gasteiger charge is -2.07. The summed E-state index contributed by atoms with van der Waals surface area (Å²) in [5.41, 5.74) is 5.72. The van der Waals surface area contributed by atoms with E-state index in [1.165, 1.54) is 12.1 Å². The highest BCUT2D eigenvalue weighted by molar-refractivity contribution is 5.75. The van der Waals surface area contributed by atoms with Gasteiger partial charge in [-0.3, -0.25) is 4.79 Å². The minimum Gasteiger partial charge on any atom is -0.435 e. The van der Waals surface area contributed by atoms with Gasteiger partial charge in [-0.05, 0) is 30.5 Å². The Bertz CT molecular complexity index is 495. The highest BCUT2D eigenvalue weighted by Crippen LogP contribution is 2.14. The van der Waals surface area contributed by atoms with E-state index in [2.05, 4.69) is 15.4 Å². The van der Waals surface area contributed by atoms with Crippen LogP contribution in [0.5, 0.6) is 5.75 Å². The summed E-state index contributed by atoms with van der Waals surface area (Å²) in [6, 6.07) is 5.55. The average molecular weight is 329 g/mol. The van der Waals surface area contributed by atoms with Crippen molar-refractivity contribution in [1.82, 2.24) is 10.6 Å². The Morgan fingerprint density at radius 3 is 2.39 bits per heavy atom. The molecule has 0 bridgehead atoms. The van der Waals surface area contributed by atoms with Crippen molar-refractivity contribution in [2.45, 2.75) is 38.8 Å². The molecule has 1 aromatic rings. The second kappa shape index (κ2) is 10.4. The van der Waals surface area contributed by atoms with Gasteiger partial charge < -0.3 is 21.1 Å². The minimum absolute atomic E-state index is 0.0826. The zero-order valence-corrected chi connectivity index (χ0v) is 12.7. The van der Waals surface area contributed by atoms with E-state index in [0.29, 0.717) is 25.9 Å². The van der Waals surface area contributed by atoms with Crippen LogP contribution in [0.3, 0.4) is 0 Å². The Morgan fingerprint density at radius 2 is 1.78 bits per heavy atom. The number of hydrogen-bond acceptors (Lipinski definition) is 3. The Labute approximate surface area is 133 Å². The van der Waals surface area contributed by atoms with Gasteiger partial charge in [-0.15, -0.1) is 0 Å². The maximum atomic E-state index is 12.0. The summed E-state index contributed by atoms with van der Waals surface area (Å²) in [7, 11) is 0. The first-order chi connectivity index (χ1) is 11.0. The molecular formula is C15H21F2N3O3. The number of benzene rings is 1. The second-order valence-electron chi connectivity index (χ2n) is 4.90. The number of ether oxygens (including phenoxy) is 1. The largest absolute Gasteiger partial charge is 0.435 e. The Balaban J connectivity index is 2.14. The van der Waals surface area contributed by atoms with Gasteiger partial charge in [0.1, 0.15) is 5.75 Å². The van der Waals surface area contributed by atoms with Crippen molar-refractivity contribution in [3.63, 3.8) is 0 Å². The van der Waals surface area contributed by atoms with Gasteiger partial charge in [0.15, 0.2) is 0 Å². The molecule has 1 rings (SSSR count). The summed E-state index contributed by atoms with van der Waals surface area (Å²) in [5.74, 6) is 0.000384. The fourth-order valence-corrected chi connectivity index (χ4v) is 1.88. The third-order valence-electron chi connectivity index (χ3n) is 3.02. The molecule has 0 radical (unpaired) electrons. The number of urea groups is 1. The number of carbonyl (C=O) groups excluding carboxylic acids is 2. The van der Waals surface area contributed by atoms with Gasteiger partial charge in [0.2, 0.25) is 5.91 Å².